The maximum Gasteiger partial charge on any atom is 0.341 e. The van der Waals surface area contributed by atoms with Gasteiger partial charge >= 0.3 is 6.03 Å². The second-order valence-electron chi connectivity index (χ2n) is 7.41. The van der Waals surface area contributed by atoms with Crippen LogP contribution in [0.25, 0.3) is 0 Å². The van der Waals surface area contributed by atoms with E-state index in [0.717, 1.165) is 5.56 Å². The molecule has 7 heteroatoms. The first-order valence-corrected chi connectivity index (χ1v) is 9.23. The van der Waals surface area contributed by atoms with Crippen LogP contribution in [-0.4, -0.2) is 46.5 Å². The second kappa shape index (κ2) is 6.82. The number of phenols is 1. The number of nitrogens with zero attached hydrogens (tertiary/aromatic N) is 3. The van der Waals surface area contributed by atoms with E-state index >= 15 is 0 Å². The Bertz CT molecular complexity index is 960. The Morgan fingerprint density at radius 3 is 2.82 bits per heavy atom. The summed E-state index contributed by atoms with van der Waals surface area (Å²) in [5.41, 5.74) is 1.93. The summed E-state index contributed by atoms with van der Waals surface area (Å²) in [5, 5.41) is 16.0. The summed E-state index contributed by atoms with van der Waals surface area (Å²) in [5.74, 6) is 0.0144. The maximum atomic E-state index is 13.9. The van der Waals surface area contributed by atoms with Gasteiger partial charge < -0.3 is 14.7 Å². The van der Waals surface area contributed by atoms with Crippen molar-refractivity contribution in [3.05, 3.63) is 59.4 Å². The molecule has 0 spiro atoms. The number of carbonyl (C=O) groups excluding carboxylic acids is 1. The highest BCUT2D eigenvalue weighted by Gasteiger charge is 2.46. The number of benzene rings is 2. The SMILES string of the molecule is CC(C)N(C)C(=O)N1N=C2c3cc(F)ccc3OCC2C1c1cccc(O)c1. The Balaban J connectivity index is 1.82. The molecule has 6 nitrogen and oxygen atoms in total. The largest absolute Gasteiger partial charge is 0.508 e. The van der Waals surface area contributed by atoms with Gasteiger partial charge in [-0.1, -0.05) is 12.1 Å². The number of hydrogen-bond donors (Lipinski definition) is 1. The van der Waals surface area contributed by atoms with Crippen LogP contribution in [0, 0.1) is 11.7 Å². The predicted octanol–water partition coefficient (Wildman–Crippen LogP) is 3.76. The van der Waals surface area contributed by atoms with E-state index in [0.29, 0.717) is 23.6 Å². The zero-order valence-electron chi connectivity index (χ0n) is 16.0. The van der Waals surface area contributed by atoms with E-state index in [4.69, 9.17) is 4.74 Å². The molecule has 0 saturated carbocycles. The summed E-state index contributed by atoms with van der Waals surface area (Å²) < 4.78 is 19.7. The average molecular weight is 383 g/mol. The highest BCUT2D eigenvalue weighted by Crippen LogP contribution is 2.43. The van der Waals surface area contributed by atoms with Crippen molar-refractivity contribution in [2.45, 2.75) is 25.9 Å². The summed E-state index contributed by atoms with van der Waals surface area (Å²) >= 11 is 0. The van der Waals surface area contributed by atoms with Gasteiger partial charge in [0.2, 0.25) is 0 Å². The molecule has 0 fully saturated rings. The molecule has 0 aromatic heterocycles. The molecule has 2 aliphatic rings. The zero-order chi connectivity index (χ0) is 20.0. The Labute approximate surface area is 162 Å². The lowest BCUT2D eigenvalue weighted by Crippen LogP contribution is -2.43. The van der Waals surface area contributed by atoms with Gasteiger partial charge in [0, 0.05) is 18.7 Å². The lowest BCUT2D eigenvalue weighted by atomic mass is 9.86. The monoisotopic (exact) mass is 383 g/mol. The van der Waals surface area contributed by atoms with Gasteiger partial charge in [-0.15, -0.1) is 0 Å². The van der Waals surface area contributed by atoms with Crippen molar-refractivity contribution in [1.29, 1.82) is 0 Å². The Kier molecular flexibility index (Phi) is 4.45. The van der Waals surface area contributed by atoms with Crippen LogP contribution in [0.1, 0.15) is 31.0 Å². The number of hydrogen-bond acceptors (Lipinski definition) is 4. The smallest absolute Gasteiger partial charge is 0.341 e. The van der Waals surface area contributed by atoms with Gasteiger partial charge in [0.25, 0.3) is 0 Å². The number of fused-ring (bicyclic) bond motifs is 3. The Morgan fingerprint density at radius 2 is 2.11 bits per heavy atom. The highest BCUT2D eigenvalue weighted by atomic mass is 19.1. The molecule has 28 heavy (non-hydrogen) atoms. The van der Waals surface area contributed by atoms with Crippen molar-refractivity contribution in [2.24, 2.45) is 11.0 Å². The number of amides is 2. The van der Waals surface area contributed by atoms with Crippen molar-refractivity contribution >= 4 is 11.7 Å². The van der Waals surface area contributed by atoms with Gasteiger partial charge in [-0.2, -0.15) is 5.10 Å². The maximum absolute atomic E-state index is 13.9. The zero-order valence-corrected chi connectivity index (χ0v) is 16.0. The first-order valence-electron chi connectivity index (χ1n) is 9.23. The number of aromatic hydroxyl groups is 1. The number of hydrazone groups is 1. The highest BCUT2D eigenvalue weighted by molar-refractivity contribution is 6.07. The van der Waals surface area contributed by atoms with Gasteiger partial charge in [-0.05, 0) is 49.7 Å². The van der Waals surface area contributed by atoms with E-state index in [-0.39, 0.29) is 29.6 Å². The molecule has 1 N–H and O–H groups in total. The molecule has 2 aromatic carbocycles. The number of ether oxygens (including phenoxy) is 1. The number of rotatable bonds is 2. The van der Waals surface area contributed by atoms with Gasteiger partial charge in [-0.25, -0.2) is 14.2 Å². The third-order valence-electron chi connectivity index (χ3n) is 5.33. The van der Waals surface area contributed by atoms with Gasteiger partial charge in [0.15, 0.2) is 0 Å². The van der Waals surface area contributed by atoms with Crippen LogP contribution in [0.5, 0.6) is 11.5 Å². The van der Waals surface area contributed by atoms with E-state index in [2.05, 4.69) is 5.10 Å². The van der Waals surface area contributed by atoms with Crippen LogP contribution in [0.2, 0.25) is 0 Å². The van der Waals surface area contributed by atoms with Crippen LogP contribution in [-0.2, 0) is 0 Å². The van der Waals surface area contributed by atoms with Crippen molar-refractivity contribution < 1.29 is 19.0 Å². The fraction of sp³-hybridized carbons (Fsp3) is 0.333. The van der Waals surface area contributed by atoms with Crippen LogP contribution in [0.3, 0.4) is 0 Å². The molecule has 2 aliphatic heterocycles. The standard InChI is InChI=1S/C21H22FN3O3/c1-12(2)24(3)21(27)25-20(13-5-4-6-15(26)9-13)17-11-28-18-8-7-14(22)10-16(18)19(17)23-25/h4-10,12,17,20,26H,11H2,1-3H3. The minimum atomic E-state index is -0.452. The molecule has 0 saturated heterocycles. The predicted molar refractivity (Wildman–Crippen MR) is 103 cm³/mol. The topological polar surface area (TPSA) is 65.4 Å². The number of urea groups is 1. The minimum absolute atomic E-state index is 0.0128. The van der Waals surface area contributed by atoms with Crippen LogP contribution in [0.15, 0.2) is 47.6 Å². The summed E-state index contributed by atoms with van der Waals surface area (Å²) in [4.78, 5) is 14.7. The molecule has 2 unspecified atom stereocenters. The van der Waals surface area contributed by atoms with Gasteiger partial charge in [0.1, 0.15) is 17.3 Å². The minimum Gasteiger partial charge on any atom is -0.508 e. The Hall–Kier alpha value is -3.09. The molecule has 0 aliphatic carbocycles. The summed E-state index contributed by atoms with van der Waals surface area (Å²) in [7, 11) is 1.72. The van der Waals surface area contributed by atoms with Crippen LogP contribution < -0.4 is 4.74 Å². The van der Waals surface area contributed by atoms with E-state index in [1.54, 1.807) is 36.2 Å². The molecule has 0 bridgehead atoms. The lowest BCUT2D eigenvalue weighted by molar-refractivity contribution is 0.125. The fourth-order valence-corrected chi connectivity index (χ4v) is 3.63. The molecule has 146 valence electrons. The van der Waals surface area contributed by atoms with E-state index < -0.39 is 6.04 Å². The normalized spacial score (nSPS) is 20.3. The van der Waals surface area contributed by atoms with E-state index in [1.807, 2.05) is 19.9 Å². The molecule has 2 heterocycles. The summed E-state index contributed by atoms with van der Waals surface area (Å²) in [6.45, 7) is 4.16. The number of carbonyl (C=O) groups is 1. The summed E-state index contributed by atoms with van der Waals surface area (Å²) in [6, 6.07) is 10.4. The molecule has 2 atom stereocenters. The van der Waals surface area contributed by atoms with Crippen LogP contribution in [0.4, 0.5) is 9.18 Å². The number of halogens is 1. The Morgan fingerprint density at radius 1 is 1.32 bits per heavy atom. The van der Waals surface area contributed by atoms with Crippen molar-refractivity contribution in [1.82, 2.24) is 9.91 Å². The lowest BCUT2D eigenvalue weighted by Gasteiger charge is -2.32. The molecule has 2 amide bonds. The molecule has 0 radical (unpaired) electrons. The molecule has 2 aromatic rings. The van der Waals surface area contributed by atoms with Gasteiger partial charge in [0.05, 0.1) is 24.3 Å². The summed E-state index contributed by atoms with van der Waals surface area (Å²) in [6.07, 6.45) is 0. The van der Waals surface area contributed by atoms with E-state index in [1.165, 1.54) is 17.1 Å². The van der Waals surface area contributed by atoms with E-state index in [9.17, 15) is 14.3 Å². The second-order valence-corrected chi connectivity index (χ2v) is 7.41. The van der Waals surface area contributed by atoms with Crippen LogP contribution >= 0.6 is 0 Å². The van der Waals surface area contributed by atoms with Crippen molar-refractivity contribution in [3.8, 4) is 11.5 Å². The van der Waals surface area contributed by atoms with Crippen molar-refractivity contribution in [3.63, 3.8) is 0 Å². The van der Waals surface area contributed by atoms with Crippen molar-refractivity contribution in [2.75, 3.05) is 13.7 Å². The first-order chi connectivity index (χ1) is 13.4. The van der Waals surface area contributed by atoms with Gasteiger partial charge in [-0.3, -0.25) is 0 Å². The molecular formula is C21H22FN3O3. The quantitative estimate of drug-likeness (QED) is 0.859. The molecular weight excluding hydrogens is 361 g/mol. The number of phenolic OH excluding ortho intramolecular Hbond substituents is 1. The fourth-order valence-electron chi connectivity index (χ4n) is 3.63. The third-order valence-corrected chi connectivity index (χ3v) is 5.33. The third kappa shape index (κ3) is 2.96. The first kappa shape index (κ1) is 18.3. The molecule has 4 rings (SSSR count). The average Bonchev–Trinajstić information content (AvgIpc) is 3.06.